The van der Waals surface area contributed by atoms with Crippen LogP contribution in [0.3, 0.4) is 0 Å². The molecule has 0 saturated heterocycles. The van der Waals surface area contributed by atoms with Gasteiger partial charge < -0.3 is 9.94 Å². The van der Waals surface area contributed by atoms with Gasteiger partial charge in [-0.1, -0.05) is 35.0 Å². The topological polar surface area (TPSA) is 58.9 Å². The number of oxime groups is 1. The Bertz CT molecular complexity index is 466. The molecule has 4 nitrogen and oxygen atoms in total. The van der Waals surface area contributed by atoms with Crippen molar-refractivity contribution >= 4 is 29.4 Å². The summed E-state index contributed by atoms with van der Waals surface area (Å²) in [5, 5.41) is 13.0. The molecule has 0 fully saturated rings. The fourth-order valence-corrected chi connectivity index (χ4v) is 1.15. The van der Waals surface area contributed by atoms with E-state index in [1.54, 1.807) is 25.1 Å². The number of nitrogens with zero attached hydrogens (tertiary/aromatic N) is 1. The van der Waals surface area contributed by atoms with Crippen molar-refractivity contribution in [3.05, 3.63) is 40.9 Å². The Labute approximate surface area is 111 Å². The zero-order valence-electron chi connectivity index (χ0n) is 10.1. The number of carboxylic acids is 1. The van der Waals surface area contributed by atoms with E-state index in [9.17, 15) is 4.79 Å². The molecular weight excluding hydrogens is 254 g/mol. The van der Waals surface area contributed by atoms with Gasteiger partial charge in [-0.25, -0.2) is 4.79 Å². The zero-order chi connectivity index (χ0) is 13.5. The highest BCUT2D eigenvalue weighted by Crippen LogP contribution is 2.10. The summed E-state index contributed by atoms with van der Waals surface area (Å²) in [5.41, 5.74) is 1.55. The van der Waals surface area contributed by atoms with Crippen molar-refractivity contribution in [2.45, 2.75) is 20.0 Å². The lowest BCUT2D eigenvalue weighted by Crippen LogP contribution is -2.17. The van der Waals surface area contributed by atoms with Crippen molar-refractivity contribution in [3.63, 3.8) is 0 Å². The van der Waals surface area contributed by atoms with Gasteiger partial charge in [0.2, 0.25) is 6.10 Å². The molecule has 1 unspecified atom stereocenters. The highest BCUT2D eigenvalue weighted by molar-refractivity contribution is 6.30. The number of rotatable bonds is 5. The van der Waals surface area contributed by atoms with Crippen LogP contribution in [0.25, 0.3) is 6.08 Å². The van der Waals surface area contributed by atoms with Crippen molar-refractivity contribution in [3.8, 4) is 0 Å². The van der Waals surface area contributed by atoms with Crippen LogP contribution >= 0.6 is 11.6 Å². The second-order valence-corrected chi connectivity index (χ2v) is 4.14. The number of allylic oxidation sites excluding steroid dienone is 1. The van der Waals surface area contributed by atoms with Gasteiger partial charge in [-0.2, -0.15) is 0 Å². The van der Waals surface area contributed by atoms with E-state index in [1.165, 1.54) is 6.92 Å². The van der Waals surface area contributed by atoms with E-state index in [2.05, 4.69) is 5.16 Å². The van der Waals surface area contributed by atoms with E-state index in [1.807, 2.05) is 18.2 Å². The van der Waals surface area contributed by atoms with Gasteiger partial charge in [-0.05, 0) is 37.6 Å². The number of carbonyl (C=O) groups is 1. The van der Waals surface area contributed by atoms with E-state index in [0.717, 1.165) is 5.56 Å². The molecule has 0 amide bonds. The molecule has 0 bridgehead atoms. The van der Waals surface area contributed by atoms with Gasteiger partial charge in [0.15, 0.2) is 0 Å². The fourth-order valence-electron chi connectivity index (χ4n) is 1.03. The third-order valence-electron chi connectivity index (χ3n) is 2.09. The first kappa shape index (κ1) is 14.3. The molecule has 0 aromatic heterocycles. The molecule has 5 heteroatoms. The minimum absolute atomic E-state index is 0.582. The van der Waals surface area contributed by atoms with Crippen LogP contribution in [-0.2, 0) is 9.63 Å². The molecule has 1 N–H and O–H groups in total. The predicted molar refractivity (Wildman–Crippen MR) is 71.8 cm³/mol. The molecule has 1 atom stereocenters. The van der Waals surface area contributed by atoms with Crippen molar-refractivity contribution in [2.24, 2.45) is 5.16 Å². The van der Waals surface area contributed by atoms with Crippen LogP contribution in [0.1, 0.15) is 19.4 Å². The first-order chi connectivity index (χ1) is 8.49. The van der Waals surface area contributed by atoms with Crippen LogP contribution in [-0.4, -0.2) is 22.9 Å². The molecule has 0 aliphatic rings. The average Bonchev–Trinajstić information content (AvgIpc) is 2.35. The third-order valence-corrected chi connectivity index (χ3v) is 2.34. The number of aliphatic carboxylic acids is 1. The van der Waals surface area contributed by atoms with E-state index >= 15 is 0 Å². The van der Waals surface area contributed by atoms with Gasteiger partial charge in [-0.15, -0.1) is 0 Å². The Kier molecular flexibility index (Phi) is 5.39. The molecule has 96 valence electrons. The number of benzene rings is 1. The Morgan fingerprint density at radius 2 is 2.06 bits per heavy atom. The molecular formula is C13H14ClNO3. The Balaban J connectivity index is 2.58. The maximum absolute atomic E-state index is 10.5. The SMILES string of the molecule is CC(/C=C/c1ccc(Cl)cc1)=N\OC(C)C(=O)O. The number of hydrogen-bond donors (Lipinski definition) is 1. The maximum atomic E-state index is 10.5. The van der Waals surface area contributed by atoms with E-state index in [4.69, 9.17) is 21.5 Å². The van der Waals surface area contributed by atoms with Gasteiger partial charge in [-0.3, -0.25) is 0 Å². The smallest absolute Gasteiger partial charge is 0.347 e. The van der Waals surface area contributed by atoms with Crippen molar-refractivity contribution in [2.75, 3.05) is 0 Å². The predicted octanol–water partition coefficient (Wildman–Crippen LogP) is 3.22. The van der Waals surface area contributed by atoms with Gasteiger partial charge in [0.1, 0.15) is 0 Å². The summed E-state index contributed by atoms with van der Waals surface area (Å²) in [5.74, 6) is -1.05. The highest BCUT2D eigenvalue weighted by Gasteiger charge is 2.10. The molecule has 1 rings (SSSR count). The van der Waals surface area contributed by atoms with Crippen molar-refractivity contribution < 1.29 is 14.7 Å². The molecule has 0 aliphatic carbocycles. The van der Waals surface area contributed by atoms with E-state index in [-0.39, 0.29) is 0 Å². The van der Waals surface area contributed by atoms with Crippen LogP contribution in [0.5, 0.6) is 0 Å². The maximum Gasteiger partial charge on any atom is 0.347 e. The van der Waals surface area contributed by atoms with Gasteiger partial charge in [0.25, 0.3) is 0 Å². The third kappa shape index (κ3) is 5.01. The minimum Gasteiger partial charge on any atom is -0.478 e. The number of halogens is 1. The average molecular weight is 268 g/mol. The minimum atomic E-state index is -1.05. The summed E-state index contributed by atoms with van der Waals surface area (Å²) in [6.45, 7) is 3.14. The number of carboxylic acid groups (broad SMARTS) is 1. The van der Waals surface area contributed by atoms with E-state index in [0.29, 0.717) is 10.7 Å². The Morgan fingerprint density at radius 3 is 2.61 bits per heavy atom. The summed E-state index contributed by atoms with van der Waals surface area (Å²) in [6.07, 6.45) is 2.62. The van der Waals surface area contributed by atoms with Crippen LogP contribution in [0.15, 0.2) is 35.5 Å². The quantitative estimate of drug-likeness (QED) is 0.658. The molecule has 0 saturated carbocycles. The summed E-state index contributed by atoms with van der Waals surface area (Å²) in [7, 11) is 0. The standard InChI is InChI=1S/C13H14ClNO3/c1-9(15-18-10(2)13(16)17)3-4-11-5-7-12(14)8-6-11/h3-8,10H,1-2H3,(H,16,17)/b4-3+,15-9+. The molecule has 1 aromatic carbocycles. The molecule has 0 radical (unpaired) electrons. The fraction of sp³-hybridized carbons (Fsp3) is 0.231. The lowest BCUT2D eigenvalue weighted by Gasteiger charge is -2.03. The van der Waals surface area contributed by atoms with E-state index < -0.39 is 12.1 Å². The zero-order valence-corrected chi connectivity index (χ0v) is 10.9. The van der Waals surface area contributed by atoms with Gasteiger partial charge in [0, 0.05) is 5.02 Å². The summed E-state index contributed by atoms with van der Waals surface area (Å²) < 4.78 is 0. The van der Waals surface area contributed by atoms with Crippen molar-refractivity contribution in [1.29, 1.82) is 0 Å². The number of hydrogen-bond acceptors (Lipinski definition) is 3. The van der Waals surface area contributed by atoms with Gasteiger partial charge >= 0.3 is 5.97 Å². The Morgan fingerprint density at radius 1 is 1.44 bits per heavy atom. The first-order valence-corrected chi connectivity index (χ1v) is 5.73. The van der Waals surface area contributed by atoms with Crippen LogP contribution < -0.4 is 0 Å². The molecule has 0 spiro atoms. The molecule has 0 heterocycles. The monoisotopic (exact) mass is 267 g/mol. The summed E-state index contributed by atoms with van der Waals surface area (Å²) in [4.78, 5) is 15.3. The van der Waals surface area contributed by atoms with Crippen LogP contribution in [0, 0.1) is 0 Å². The lowest BCUT2D eigenvalue weighted by molar-refractivity contribution is -0.149. The second-order valence-electron chi connectivity index (χ2n) is 3.70. The molecule has 1 aromatic rings. The first-order valence-electron chi connectivity index (χ1n) is 5.36. The van der Waals surface area contributed by atoms with Gasteiger partial charge in [0.05, 0.1) is 5.71 Å². The Hall–Kier alpha value is -1.81. The largest absolute Gasteiger partial charge is 0.478 e. The lowest BCUT2D eigenvalue weighted by atomic mass is 10.2. The summed E-state index contributed by atoms with van der Waals surface area (Å²) in [6, 6.07) is 7.31. The second kappa shape index (κ2) is 6.81. The normalized spacial score (nSPS) is 13.6. The molecule has 18 heavy (non-hydrogen) atoms. The van der Waals surface area contributed by atoms with Crippen molar-refractivity contribution in [1.82, 2.24) is 0 Å². The molecule has 0 aliphatic heterocycles. The van der Waals surface area contributed by atoms with Crippen LogP contribution in [0.2, 0.25) is 5.02 Å². The summed E-state index contributed by atoms with van der Waals surface area (Å²) >= 11 is 5.77. The van der Waals surface area contributed by atoms with Crippen LogP contribution in [0.4, 0.5) is 0 Å². The highest BCUT2D eigenvalue weighted by atomic mass is 35.5.